The van der Waals surface area contributed by atoms with Crippen LogP contribution in [0.15, 0.2) is 18.2 Å². The summed E-state index contributed by atoms with van der Waals surface area (Å²) >= 11 is 0. The second kappa shape index (κ2) is 4.83. The summed E-state index contributed by atoms with van der Waals surface area (Å²) in [6, 6.07) is 5.17. The molecule has 0 unspecified atom stereocenters. The van der Waals surface area contributed by atoms with Crippen LogP contribution in [0.25, 0.3) is 0 Å². The molecule has 0 heterocycles. The van der Waals surface area contributed by atoms with Crippen LogP contribution in [0.5, 0.6) is 11.5 Å². The van der Waals surface area contributed by atoms with Crippen LogP contribution in [0.4, 0.5) is 0 Å². The quantitative estimate of drug-likeness (QED) is 0.704. The molecule has 0 atom stereocenters. The molecule has 0 saturated heterocycles. The first-order valence-corrected chi connectivity index (χ1v) is 4.40. The van der Waals surface area contributed by atoms with E-state index in [1.807, 2.05) is 25.2 Å². The molecule has 0 spiro atoms. The normalized spacial score (nSPS) is 10.6. The minimum Gasteiger partial charge on any atom is -0.508 e. The number of hydrogen-bond donors (Lipinski definition) is 2. The number of nitrogens with one attached hydrogen (secondary N) is 1. The van der Waals surface area contributed by atoms with Crippen molar-refractivity contribution in [2.75, 3.05) is 21.2 Å². The van der Waals surface area contributed by atoms with Gasteiger partial charge in [-0.15, -0.1) is 0 Å². The fourth-order valence-electron chi connectivity index (χ4n) is 1.07. The lowest BCUT2D eigenvalue weighted by molar-refractivity contribution is 0.283. The van der Waals surface area contributed by atoms with Crippen LogP contribution in [0.2, 0.25) is 0 Å². The molecule has 0 amide bonds. The highest BCUT2D eigenvalue weighted by Gasteiger charge is 2.02. The fourth-order valence-corrected chi connectivity index (χ4v) is 1.07. The SMILES string of the molecule is COc1ccc(O)c(CNN(C)C)c1. The van der Waals surface area contributed by atoms with Gasteiger partial charge in [0.2, 0.25) is 0 Å². The number of methoxy groups -OCH3 is 1. The molecule has 0 saturated carbocycles. The number of phenols is 1. The maximum atomic E-state index is 9.53. The zero-order valence-electron chi connectivity index (χ0n) is 8.74. The summed E-state index contributed by atoms with van der Waals surface area (Å²) in [6.45, 7) is 0.579. The maximum absolute atomic E-state index is 9.53. The van der Waals surface area contributed by atoms with Gasteiger partial charge in [0.15, 0.2) is 0 Å². The van der Waals surface area contributed by atoms with Crippen molar-refractivity contribution < 1.29 is 9.84 Å². The summed E-state index contributed by atoms with van der Waals surface area (Å²) in [5, 5.41) is 11.4. The summed E-state index contributed by atoms with van der Waals surface area (Å²) < 4.78 is 5.06. The highest BCUT2D eigenvalue weighted by atomic mass is 16.5. The Morgan fingerprint density at radius 3 is 2.71 bits per heavy atom. The summed E-state index contributed by atoms with van der Waals surface area (Å²) in [6.07, 6.45) is 0. The van der Waals surface area contributed by atoms with Crippen LogP contribution < -0.4 is 10.2 Å². The van der Waals surface area contributed by atoms with Crippen molar-refractivity contribution in [3.63, 3.8) is 0 Å². The monoisotopic (exact) mass is 196 g/mol. The second-order valence-corrected chi connectivity index (χ2v) is 3.22. The Balaban J connectivity index is 2.73. The average molecular weight is 196 g/mol. The van der Waals surface area contributed by atoms with Crippen molar-refractivity contribution in [3.05, 3.63) is 23.8 Å². The van der Waals surface area contributed by atoms with E-state index in [4.69, 9.17) is 4.74 Å². The second-order valence-electron chi connectivity index (χ2n) is 3.22. The van der Waals surface area contributed by atoms with Crippen LogP contribution >= 0.6 is 0 Å². The molecule has 0 radical (unpaired) electrons. The number of aromatic hydroxyl groups is 1. The first-order valence-electron chi connectivity index (χ1n) is 4.40. The Hall–Kier alpha value is -1.26. The number of ether oxygens (including phenoxy) is 1. The van der Waals surface area contributed by atoms with Crippen molar-refractivity contribution >= 4 is 0 Å². The predicted octanol–water partition coefficient (Wildman–Crippen LogP) is 0.967. The van der Waals surface area contributed by atoms with Gasteiger partial charge in [-0.2, -0.15) is 0 Å². The van der Waals surface area contributed by atoms with Gasteiger partial charge in [-0.05, 0) is 18.2 Å². The van der Waals surface area contributed by atoms with Crippen molar-refractivity contribution in [1.29, 1.82) is 0 Å². The van der Waals surface area contributed by atoms with E-state index in [0.717, 1.165) is 11.3 Å². The molecule has 2 N–H and O–H groups in total. The molecule has 0 aliphatic carbocycles. The number of benzene rings is 1. The Morgan fingerprint density at radius 2 is 2.14 bits per heavy atom. The van der Waals surface area contributed by atoms with Crippen molar-refractivity contribution in [2.24, 2.45) is 0 Å². The summed E-state index contributed by atoms with van der Waals surface area (Å²) in [5.41, 5.74) is 3.89. The lowest BCUT2D eigenvalue weighted by atomic mass is 10.2. The number of rotatable bonds is 4. The van der Waals surface area contributed by atoms with Crippen molar-refractivity contribution in [1.82, 2.24) is 10.4 Å². The van der Waals surface area contributed by atoms with Crippen LogP contribution in [0.1, 0.15) is 5.56 Å². The van der Waals surface area contributed by atoms with Gasteiger partial charge >= 0.3 is 0 Å². The standard InChI is InChI=1S/C10H16N2O2/c1-12(2)11-7-8-6-9(14-3)4-5-10(8)13/h4-6,11,13H,7H2,1-3H3. The topological polar surface area (TPSA) is 44.7 Å². The number of phenolic OH excluding ortho intramolecular Hbond substituents is 1. The van der Waals surface area contributed by atoms with Gasteiger partial charge in [-0.3, -0.25) is 10.4 Å². The molecule has 1 aromatic carbocycles. The third kappa shape index (κ3) is 2.90. The molecule has 0 aliphatic heterocycles. The molecule has 4 heteroatoms. The first kappa shape index (κ1) is 10.8. The molecular formula is C10H16N2O2. The lowest BCUT2D eigenvalue weighted by Gasteiger charge is -2.13. The molecule has 0 aliphatic rings. The van der Waals surface area contributed by atoms with Gasteiger partial charge in [0.05, 0.1) is 7.11 Å². The van der Waals surface area contributed by atoms with Gasteiger partial charge in [0, 0.05) is 26.2 Å². The zero-order valence-corrected chi connectivity index (χ0v) is 8.74. The molecule has 1 rings (SSSR count). The Kier molecular flexibility index (Phi) is 3.73. The van der Waals surface area contributed by atoms with E-state index in [1.54, 1.807) is 19.2 Å². The van der Waals surface area contributed by atoms with Gasteiger partial charge in [-0.25, -0.2) is 0 Å². The van der Waals surface area contributed by atoms with E-state index >= 15 is 0 Å². The molecule has 4 nitrogen and oxygen atoms in total. The molecule has 14 heavy (non-hydrogen) atoms. The van der Waals surface area contributed by atoms with Gasteiger partial charge < -0.3 is 9.84 Å². The lowest BCUT2D eigenvalue weighted by Crippen LogP contribution is -2.29. The number of nitrogens with zero attached hydrogens (tertiary/aromatic N) is 1. The van der Waals surface area contributed by atoms with E-state index in [-0.39, 0.29) is 5.75 Å². The maximum Gasteiger partial charge on any atom is 0.120 e. The fraction of sp³-hybridized carbons (Fsp3) is 0.400. The van der Waals surface area contributed by atoms with Crippen LogP contribution in [0, 0.1) is 0 Å². The Bertz CT molecular complexity index is 300. The van der Waals surface area contributed by atoms with E-state index in [0.29, 0.717) is 6.54 Å². The molecular weight excluding hydrogens is 180 g/mol. The summed E-state index contributed by atoms with van der Waals surface area (Å²) in [7, 11) is 5.41. The highest BCUT2D eigenvalue weighted by Crippen LogP contribution is 2.22. The molecule has 0 bridgehead atoms. The Labute approximate surface area is 84.1 Å². The third-order valence-corrected chi connectivity index (χ3v) is 1.87. The van der Waals surface area contributed by atoms with Crippen LogP contribution in [0.3, 0.4) is 0 Å². The molecule has 1 aromatic rings. The Morgan fingerprint density at radius 1 is 1.43 bits per heavy atom. The van der Waals surface area contributed by atoms with Crippen LogP contribution in [-0.2, 0) is 6.54 Å². The molecule has 78 valence electrons. The predicted molar refractivity (Wildman–Crippen MR) is 55.2 cm³/mol. The van der Waals surface area contributed by atoms with Gasteiger partial charge in [0.1, 0.15) is 11.5 Å². The average Bonchev–Trinajstić information content (AvgIpc) is 2.16. The number of hydrazine groups is 1. The highest BCUT2D eigenvalue weighted by molar-refractivity contribution is 5.39. The van der Waals surface area contributed by atoms with E-state index < -0.39 is 0 Å². The van der Waals surface area contributed by atoms with E-state index in [2.05, 4.69) is 5.43 Å². The summed E-state index contributed by atoms with van der Waals surface area (Å²) in [5.74, 6) is 1.03. The minimum absolute atomic E-state index is 0.278. The van der Waals surface area contributed by atoms with Crippen LogP contribution in [-0.4, -0.2) is 31.3 Å². The number of hydrogen-bond acceptors (Lipinski definition) is 4. The minimum atomic E-state index is 0.278. The van der Waals surface area contributed by atoms with E-state index in [1.165, 1.54) is 0 Å². The van der Waals surface area contributed by atoms with Crippen molar-refractivity contribution in [3.8, 4) is 11.5 Å². The largest absolute Gasteiger partial charge is 0.508 e. The molecule has 0 fully saturated rings. The van der Waals surface area contributed by atoms with Crippen molar-refractivity contribution in [2.45, 2.75) is 6.54 Å². The third-order valence-electron chi connectivity index (χ3n) is 1.87. The molecule has 0 aromatic heterocycles. The van der Waals surface area contributed by atoms with Gasteiger partial charge in [0.25, 0.3) is 0 Å². The zero-order chi connectivity index (χ0) is 10.6. The first-order chi connectivity index (χ1) is 6.63. The summed E-state index contributed by atoms with van der Waals surface area (Å²) in [4.78, 5) is 0. The smallest absolute Gasteiger partial charge is 0.120 e. The van der Waals surface area contributed by atoms with Gasteiger partial charge in [-0.1, -0.05) is 0 Å². The van der Waals surface area contributed by atoms with E-state index in [9.17, 15) is 5.11 Å².